The highest BCUT2D eigenvalue weighted by Crippen LogP contribution is 2.28. The number of carboxylic acids is 1. The number of methoxy groups -OCH3 is 2. The highest BCUT2D eigenvalue weighted by atomic mass is 16.5. The first-order valence-electron chi connectivity index (χ1n) is 5.52. The van der Waals surface area contributed by atoms with Crippen molar-refractivity contribution in [3.63, 3.8) is 0 Å². The minimum atomic E-state index is -1.00. The summed E-state index contributed by atoms with van der Waals surface area (Å²) in [5.41, 5.74) is 6.18. The Balaban J connectivity index is 2.59. The van der Waals surface area contributed by atoms with Crippen LogP contribution in [0.4, 0.5) is 5.69 Å². The van der Waals surface area contributed by atoms with Gasteiger partial charge in [-0.25, -0.2) is 0 Å². The lowest BCUT2D eigenvalue weighted by Crippen LogP contribution is -2.32. The van der Waals surface area contributed by atoms with Crippen molar-refractivity contribution < 1.29 is 19.4 Å². The number of benzene rings is 1. The quantitative estimate of drug-likeness (QED) is 0.670. The monoisotopic (exact) mass is 254 g/mol. The van der Waals surface area contributed by atoms with Crippen LogP contribution in [0.1, 0.15) is 6.42 Å². The SMILES string of the molecule is COc1ccc(NCCC(N)C(=O)O)c(OC)c1. The number of ether oxygens (including phenoxy) is 2. The summed E-state index contributed by atoms with van der Waals surface area (Å²) < 4.78 is 10.3. The molecule has 0 bridgehead atoms. The lowest BCUT2D eigenvalue weighted by atomic mass is 10.2. The molecular weight excluding hydrogens is 236 g/mol. The van der Waals surface area contributed by atoms with Crippen molar-refractivity contribution in [2.24, 2.45) is 5.73 Å². The molecule has 6 nitrogen and oxygen atoms in total. The number of rotatable bonds is 7. The number of anilines is 1. The van der Waals surface area contributed by atoms with Crippen LogP contribution in [0.3, 0.4) is 0 Å². The molecule has 1 unspecified atom stereocenters. The topological polar surface area (TPSA) is 93.8 Å². The van der Waals surface area contributed by atoms with Gasteiger partial charge >= 0.3 is 5.97 Å². The van der Waals surface area contributed by atoms with Crippen molar-refractivity contribution in [2.45, 2.75) is 12.5 Å². The fourth-order valence-corrected chi connectivity index (χ4v) is 1.43. The van der Waals surface area contributed by atoms with Gasteiger partial charge in [0.05, 0.1) is 19.9 Å². The highest BCUT2D eigenvalue weighted by molar-refractivity contribution is 5.73. The molecule has 1 aromatic rings. The number of carboxylic acid groups (broad SMARTS) is 1. The van der Waals surface area contributed by atoms with Gasteiger partial charge < -0.3 is 25.6 Å². The average molecular weight is 254 g/mol. The number of nitrogens with one attached hydrogen (secondary N) is 1. The summed E-state index contributed by atoms with van der Waals surface area (Å²) in [5.74, 6) is 0.330. The van der Waals surface area contributed by atoms with Crippen LogP contribution in [-0.2, 0) is 4.79 Å². The zero-order valence-corrected chi connectivity index (χ0v) is 10.5. The van der Waals surface area contributed by atoms with Crippen LogP contribution in [-0.4, -0.2) is 37.9 Å². The number of hydrogen-bond acceptors (Lipinski definition) is 5. The molecule has 0 aliphatic carbocycles. The molecule has 0 saturated carbocycles. The van der Waals surface area contributed by atoms with Crippen molar-refractivity contribution in [3.8, 4) is 11.5 Å². The Morgan fingerprint density at radius 1 is 1.44 bits per heavy atom. The second-order valence-corrected chi connectivity index (χ2v) is 3.73. The fraction of sp³-hybridized carbons (Fsp3) is 0.417. The first-order valence-corrected chi connectivity index (χ1v) is 5.52. The Kier molecular flexibility index (Phi) is 5.26. The van der Waals surface area contributed by atoms with Gasteiger partial charge in [0.2, 0.25) is 0 Å². The van der Waals surface area contributed by atoms with E-state index in [1.54, 1.807) is 26.4 Å². The zero-order valence-electron chi connectivity index (χ0n) is 10.5. The smallest absolute Gasteiger partial charge is 0.320 e. The molecule has 6 heteroatoms. The summed E-state index contributed by atoms with van der Waals surface area (Å²) in [5, 5.41) is 11.7. The second-order valence-electron chi connectivity index (χ2n) is 3.73. The summed E-state index contributed by atoms with van der Waals surface area (Å²) in [4.78, 5) is 10.6. The summed E-state index contributed by atoms with van der Waals surface area (Å²) in [7, 11) is 3.14. The van der Waals surface area contributed by atoms with Crippen LogP contribution in [0.5, 0.6) is 11.5 Å². The largest absolute Gasteiger partial charge is 0.497 e. The molecule has 18 heavy (non-hydrogen) atoms. The summed E-state index contributed by atoms with van der Waals surface area (Å²) in [6.07, 6.45) is 0.338. The van der Waals surface area contributed by atoms with E-state index in [9.17, 15) is 4.79 Å². The van der Waals surface area contributed by atoms with Crippen LogP contribution >= 0.6 is 0 Å². The van der Waals surface area contributed by atoms with Gasteiger partial charge in [-0.15, -0.1) is 0 Å². The van der Waals surface area contributed by atoms with Crippen molar-refractivity contribution in [3.05, 3.63) is 18.2 Å². The molecule has 1 rings (SSSR count). The first kappa shape index (κ1) is 14.1. The number of carbonyl (C=O) groups is 1. The van der Waals surface area contributed by atoms with E-state index in [2.05, 4.69) is 5.32 Å². The van der Waals surface area contributed by atoms with Gasteiger partial charge in [0, 0.05) is 12.6 Å². The second kappa shape index (κ2) is 6.70. The first-order chi connectivity index (χ1) is 8.58. The maximum Gasteiger partial charge on any atom is 0.320 e. The van der Waals surface area contributed by atoms with Crippen molar-refractivity contribution in [2.75, 3.05) is 26.1 Å². The molecule has 0 radical (unpaired) electrons. The van der Waals surface area contributed by atoms with E-state index in [1.165, 1.54) is 0 Å². The molecule has 0 saturated heterocycles. The van der Waals surface area contributed by atoms with Gasteiger partial charge in [0.25, 0.3) is 0 Å². The van der Waals surface area contributed by atoms with E-state index in [0.717, 1.165) is 5.69 Å². The normalized spacial score (nSPS) is 11.7. The minimum Gasteiger partial charge on any atom is -0.497 e. The molecule has 0 aromatic heterocycles. The molecule has 0 aliphatic heterocycles. The van der Waals surface area contributed by atoms with Gasteiger partial charge in [0.1, 0.15) is 17.5 Å². The number of hydrogen-bond donors (Lipinski definition) is 3. The summed E-state index contributed by atoms with van der Waals surface area (Å²) in [6.45, 7) is 0.455. The van der Waals surface area contributed by atoms with Crippen molar-refractivity contribution in [1.82, 2.24) is 0 Å². The van der Waals surface area contributed by atoms with Gasteiger partial charge in [0.15, 0.2) is 0 Å². The van der Waals surface area contributed by atoms with E-state index >= 15 is 0 Å². The standard InChI is InChI=1S/C12H18N2O4/c1-17-8-3-4-10(11(7-8)18-2)14-6-5-9(13)12(15)16/h3-4,7,9,14H,5-6,13H2,1-2H3,(H,15,16). The number of aliphatic carboxylic acids is 1. The molecule has 4 N–H and O–H groups in total. The molecular formula is C12H18N2O4. The zero-order chi connectivity index (χ0) is 13.5. The molecule has 0 heterocycles. The number of nitrogens with two attached hydrogens (primary N) is 1. The van der Waals surface area contributed by atoms with Gasteiger partial charge in [-0.1, -0.05) is 0 Å². The summed E-state index contributed by atoms with van der Waals surface area (Å²) in [6, 6.07) is 4.49. The van der Waals surface area contributed by atoms with E-state index < -0.39 is 12.0 Å². The van der Waals surface area contributed by atoms with Crippen LogP contribution in [0.15, 0.2) is 18.2 Å². The molecule has 0 aliphatic rings. The van der Waals surface area contributed by atoms with Crippen molar-refractivity contribution in [1.29, 1.82) is 0 Å². The highest BCUT2D eigenvalue weighted by Gasteiger charge is 2.11. The molecule has 0 amide bonds. The van der Waals surface area contributed by atoms with E-state index in [4.69, 9.17) is 20.3 Å². The van der Waals surface area contributed by atoms with Crippen LogP contribution in [0, 0.1) is 0 Å². The predicted molar refractivity (Wildman–Crippen MR) is 68.3 cm³/mol. The van der Waals surface area contributed by atoms with Gasteiger partial charge in [-0.2, -0.15) is 0 Å². The Labute approximate surface area is 106 Å². The third-order valence-electron chi connectivity index (χ3n) is 2.50. The third kappa shape index (κ3) is 3.81. The summed E-state index contributed by atoms with van der Waals surface area (Å²) >= 11 is 0. The molecule has 0 fully saturated rings. The van der Waals surface area contributed by atoms with Crippen LogP contribution in [0.2, 0.25) is 0 Å². The lowest BCUT2D eigenvalue weighted by molar-refractivity contribution is -0.138. The molecule has 1 aromatic carbocycles. The molecule has 100 valence electrons. The fourth-order valence-electron chi connectivity index (χ4n) is 1.43. The Hall–Kier alpha value is -1.95. The van der Waals surface area contributed by atoms with Crippen LogP contribution in [0.25, 0.3) is 0 Å². The van der Waals surface area contributed by atoms with E-state index in [-0.39, 0.29) is 0 Å². The van der Waals surface area contributed by atoms with Gasteiger partial charge in [-0.05, 0) is 18.6 Å². The Morgan fingerprint density at radius 3 is 2.72 bits per heavy atom. The lowest BCUT2D eigenvalue weighted by Gasteiger charge is -2.13. The maximum atomic E-state index is 10.6. The Morgan fingerprint density at radius 2 is 2.17 bits per heavy atom. The van der Waals surface area contributed by atoms with E-state index in [1.807, 2.05) is 6.07 Å². The predicted octanol–water partition coefficient (Wildman–Crippen LogP) is 0.918. The molecule has 1 atom stereocenters. The van der Waals surface area contributed by atoms with E-state index in [0.29, 0.717) is 24.5 Å². The third-order valence-corrected chi connectivity index (χ3v) is 2.50. The van der Waals surface area contributed by atoms with Gasteiger partial charge in [-0.3, -0.25) is 4.79 Å². The minimum absolute atomic E-state index is 0.338. The maximum absolute atomic E-state index is 10.6. The molecule has 0 spiro atoms. The van der Waals surface area contributed by atoms with Crippen molar-refractivity contribution >= 4 is 11.7 Å². The van der Waals surface area contributed by atoms with Crippen LogP contribution < -0.4 is 20.5 Å². The Bertz CT molecular complexity index is 409. The average Bonchev–Trinajstić information content (AvgIpc) is 2.38.